The first-order valence-electron chi connectivity index (χ1n) is 2.12. The van der Waals surface area contributed by atoms with Crippen LogP contribution in [0, 0.1) is 0 Å². The average molecular weight is 173 g/mol. The molecule has 0 N–H and O–H groups in total. The zero-order valence-corrected chi connectivity index (χ0v) is 6.28. The summed E-state index contributed by atoms with van der Waals surface area (Å²) in [5, 5.41) is 0. The Bertz CT molecular complexity index is 95.8. The van der Waals surface area contributed by atoms with Crippen LogP contribution in [0.15, 0.2) is 0 Å². The molecule has 0 bridgehead atoms. The van der Waals surface area contributed by atoms with Crippen LogP contribution in [0.2, 0.25) is 0 Å². The summed E-state index contributed by atoms with van der Waals surface area (Å²) >= 11 is 10.3. The van der Waals surface area contributed by atoms with Crippen molar-refractivity contribution in [2.45, 2.75) is 5.56 Å². The molecule has 54 valence electrons. The lowest BCUT2D eigenvalue weighted by molar-refractivity contribution is -0.147. The molecule has 5 heteroatoms. The quantitative estimate of drug-likeness (QED) is 0.470. The van der Waals surface area contributed by atoms with Crippen LogP contribution in [-0.4, -0.2) is 24.7 Å². The topological polar surface area (TPSA) is 35.5 Å². The lowest BCUT2D eigenvalue weighted by atomic mass is 10.7. The second-order valence-corrected chi connectivity index (χ2v) is 1.73. The molecule has 1 unspecified atom stereocenters. The molecule has 0 fully saturated rings. The van der Waals surface area contributed by atoms with E-state index in [1.165, 1.54) is 7.11 Å². The molecule has 0 saturated heterocycles. The molecule has 9 heavy (non-hydrogen) atoms. The second kappa shape index (κ2) is 4.85. The SMILES string of the molecule is COC(=O)C(Cl)OCCl. The van der Waals surface area contributed by atoms with Gasteiger partial charge in [-0.15, -0.1) is 0 Å². The summed E-state index contributed by atoms with van der Waals surface area (Å²) in [6, 6.07) is -0.122. The third-order valence-electron chi connectivity index (χ3n) is 0.596. The van der Waals surface area contributed by atoms with Crippen molar-refractivity contribution in [3.63, 3.8) is 0 Å². The van der Waals surface area contributed by atoms with E-state index in [0.717, 1.165) is 0 Å². The van der Waals surface area contributed by atoms with E-state index in [2.05, 4.69) is 9.47 Å². The number of hydrogen-bond donors (Lipinski definition) is 0. The van der Waals surface area contributed by atoms with Crippen LogP contribution in [0.25, 0.3) is 0 Å². The van der Waals surface area contributed by atoms with Crippen molar-refractivity contribution in [3.8, 4) is 0 Å². The molecule has 3 nitrogen and oxygen atoms in total. The van der Waals surface area contributed by atoms with Crippen LogP contribution < -0.4 is 0 Å². The van der Waals surface area contributed by atoms with Gasteiger partial charge in [0.1, 0.15) is 6.07 Å². The molecular weight excluding hydrogens is 167 g/mol. The van der Waals surface area contributed by atoms with Gasteiger partial charge in [0.15, 0.2) is 0 Å². The van der Waals surface area contributed by atoms with Gasteiger partial charge in [-0.25, -0.2) is 4.79 Å². The van der Waals surface area contributed by atoms with Gasteiger partial charge in [0.25, 0.3) is 0 Å². The molecule has 1 atom stereocenters. The Kier molecular flexibility index (Phi) is 4.85. The molecule has 0 aliphatic carbocycles. The van der Waals surface area contributed by atoms with E-state index in [-0.39, 0.29) is 6.07 Å². The molecule has 0 aliphatic heterocycles. The van der Waals surface area contributed by atoms with Crippen molar-refractivity contribution < 1.29 is 14.3 Å². The first-order chi connectivity index (χ1) is 4.22. The second-order valence-electron chi connectivity index (χ2n) is 1.11. The van der Waals surface area contributed by atoms with E-state index in [0.29, 0.717) is 0 Å². The zero-order chi connectivity index (χ0) is 7.28. The summed E-state index contributed by atoms with van der Waals surface area (Å²) in [6.07, 6.45) is 0. The molecule has 0 heterocycles. The Hall–Kier alpha value is 0.01000. The molecule has 0 aliphatic rings. The fourth-order valence-electron chi connectivity index (χ4n) is 0.216. The van der Waals surface area contributed by atoms with E-state index in [9.17, 15) is 4.79 Å². The predicted molar refractivity (Wildman–Crippen MR) is 33.5 cm³/mol. The maximum absolute atomic E-state index is 10.4. The van der Waals surface area contributed by atoms with Gasteiger partial charge in [-0.3, -0.25) is 0 Å². The molecule has 0 aromatic heterocycles. The lowest BCUT2D eigenvalue weighted by Gasteiger charge is -2.03. The van der Waals surface area contributed by atoms with Gasteiger partial charge in [0.05, 0.1) is 7.11 Å². The predicted octanol–water partition coefficient (Wildman–Crippen LogP) is 0.937. The van der Waals surface area contributed by atoms with Gasteiger partial charge in [-0.1, -0.05) is 23.2 Å². The molecule has 0 saturated carbocycles. The molecule has 0 amide bonds. The fraction of sp³-hybridized carbons (Fsp3) is 0.750. The highest BCUT2D eigenvalue weighted by molar-refractivity contribution is 6.29. The van der Waals surface area contributed by atoms with Crippen LogP contribution in [0.3, 0.4) is 0 Å². The van der Waals surface area contributed by atoms with E-state index < -0.39 is 11.5 Å². The van der Waals surface area contributed by atoms with Crippen molar-refractivity contribution in [2.75, 3.05) is 13.2 Å². The Labute approximate surface area is 62.8 Å². The average Bonchev–Trinajstić information content (AvgIpc) is 1.87. The van der Waals surface area contributed by atoms with E-state index in [1.54, 1.807) is 0 Å². The van der Waals surface area contributed by atoms with Crippen LogP contribution in [0.5, 0.6) is 0 Å². The van der Waals surface area contributed by atoms with Gasteiger partial charge in [0.2, 0.25) is 5.56 Å². The van der Waals surface area contributed by atoms with Crippen LogP contribution in [-0.2, 0) is 14.3 Å². The molecule has 0 spiro atoms. The summed E-state index contributed by atoms with van der Waals surface area (Å²) in [5.74, 6) is -0.641. The van der Waals surface area contributed by atoms with E-state index in [4.69, 9.17) is 23.2 Å². The smallest absolute Gasteiger partial charge is 0.350 e. The van der Waals surface area contributed by atoms with E-state index >= 15 is 0 Å². The molecule has 0 rings (SSSR count). The minimum atomic E-state index is -1.09. The minimum absolute atomic E-state index is 0.122. The summed E-state index contributed by atoms with van der Waals surface area (Å²) < 4.78 is 8.66. The van der Waals surface area contributed by atoms with E-state index in [1.807, 2.05) is 0 Å². The van der Waals surface area contributed by atoms with Gasteiger partial charge in [0, 0.05) is 0 Å². The van der Waals surface area contributed by atoms with Crippen molar-refractivity contribution in [2.24, 2.45) is 0 Å². The third-order valence-corrected chi connectivity index (χ3v) is 1.03. The first-order valence-corrected chi connectivity index (χ1v) is 3.09. The van der Waals surface area contributed by atoms with Gasteiger partial charge in [-0.2, -0.15) is 0 Å². The molecule has 0 radical (unpaired) electrons. The van der Waals surface area contributed by atoms with Crippen molar-refractivity contribution in [3.05, 3.63) is 0 Å². The van der Waals surface area contributed by atoms with Crippen LogP contribution >= 0.6 is 23.2 Å². The van der Waals surface area contributed by atoms with Crippen molar-refractivity contribution >= 4 is 29.2 Å². The number of carbonyl (C=O) groups excluding carboxylic acids is 1. The summed E-state index contributed by atoms with van der Waals surface area (Å²) in [4.78, 5) is 10.4. The maximum Gasteiger partial charge on any atom is 0.350 e. The van der Waals surface area contributed by atoms with Crippen molar-refractivity contribution in [1.82, 2.24) is 0 Å². The van der Waals surface area contributed by atoms with Gasteiger partial charge >= 0.3 is 5.97 Å². The lowest BCUT2D eigenvalue weighted by Crippen LogP contribution is -2.18. The molecule has 0 aromatic carbocycles. The highest BCUT2D eigenvalue weighted by Gasteiger charge is 2.14. The summed E-state index contributed by atoms with van der Waals surface area (Å²) in [7, 11) is 1.22. The van der Waals surface area contributed by atoms with Crippen molar-refractivity contribution in [1.29, 1.82) is 0 Å². The first kappa shape index (κ1) is 9.01. The number of ether oxygens (including phenoxy) is 2. The van der Waals surface area contributed by atoms with Gasteiger partial charge in [-0.05, 0) is 0 Å². The zero-order valence-electron chi connectivity index (χ0n) is 4.77. The molecular formula is C4H6Cl2O3. The maximum atomic E-state index is 10.4. The number of methoxy groups -OCH3 is 1. The number of carbonyl (C=O) groups is 1. The fourth-order valence-corrected chi connectivity index (χ4v) is 0.559. The highest BCUT2D eigenvalue weighted by Crippen LogP contribution is 2.00. The number of rotatable bonds is 3. The Morgan fingerprint density at radius 3 is 2.67 bits per heavy atom. The minimum Gasteiger partial charge on any atom is -0.466 e. The molecule has 0 aromatic rings. The normalized spacial score (nSPS) is 12.8. The Morgan fingerprint density at radius 1 is 1.78 bits per heavy atom. The van der Waals surface area contributed by atoms with Crippen LogP contribution in [0.4, 0.5) is 0 Å². The summed E-state index contributed by atoms with van der Waals surface area (Å²) in [5.41, 5.74) is -1.09. The third kappa shape index (κ3) is 3.56. The highest BCUT2D eigenvalue weighted by atomic mass is 35.5. The Morgan fingerprint density at radius 2 is 2.33 bits per heavy atom. The number of alkyl halides is 2. The van der Waals surface area contributed by atoms with Gasteiger partial charge < -0.3 is 9.47 Å². The standard InChI is InChI=1S/C4H6Cl2O3/c1-8-4(7)3(6)9-2-5/h3H,2H2,1H3. The Balaban J connectivity index is 3.45. The van der Waals surface area contributed by atoms with Crippen LogP contribution in [0.1, 0.15) is 0 Å². The largest absolute Gasteiger partial charge is 0.466 e. The monoisotopic (exact) mass is 172 g/mol. The number of halogens is 2. The summed E-state index contributed by atoms with van der Waals surface area (Å²) in [6.45, 7) is 0. The number of hydrogen-bond acceptors (Lipinski definition) is 3. The number of esters is 1.